The van der Waals surface area contributed by atoms with E-state index >= 15 is 0 Å². The summed E-state index contributed by atoms with van der Waals surface area (Å²) < 4.78 is 7.15. The summed E-state index contributed by atoms with van der Waals surface area (Å²) in [7, 11) is 1.62. The molecule has 1 aliphatic rings. The van der Waals surface area contributed by atoms with Crippen LogP contribution in [0.15, 0.2) is 78.9 Å². The molecule has 0 bridgehead atoms. The van der Waals surface area contributed by atoms with Gasteiger partial charge in [0.2, 0.25) is 11.8 Å². The average molecular weight is 469 g/mol. The number of carbonyl (C=O) groups is 2. The zero-order chi connectivity index (χ0) is 24.4. The van der Waals surface area contributed by atoms with E-state index in [1.165, 1.54) is 0 Å². The first-order valence-electron chi connectivity index (χ1n) is 11.8. The van der Waals surface area contributed by atoms with Crippen LogP contribution >= 0.6 is 0 Å². The Labute approximate surface area is 204 Å². The van der Waals surface area contributed by atoms with Gasteiger partial charge in [-0.1, -0.05) is 54.6 Å². The molecule has 2 amide bonds. The smallest absolute Gasteiger partial charge is 0.247 e. The van der Waals surface area contributed by atoms with E-state index in [4.69, 9.17) is 9.72 Å². The molecule has 3 aromatic carbocycles. The lowest BCUT2D eigenvalue weighted by Gasteiger charge is -2.38. The van der Waals surface area contributed by atoms with E-state index < -0.39 is 6.04 Å². The second kappa shape index (κ2) is 9.62. The Morgan fingerprint density at radius 2 is 1.69 bits per heavy atom. The molecule has 35 heavy (non-hydrogen) atoms. The first-order valence-corrected chi connectivity index (χ1v) is 11.8. The summed E-state index contributed by atoms with van der Waals surface area (Å²) in [6, 6.07) is 24.4. The summed E-state index contributed by atoms with van der Waals surface area (Å²) in [4.78, 5) is 33.5. The molecule has 7 heteroatoms. The van der Waals surface area contributed by atoms with Crippen LogP contribution in [-0.4, -0.2) is 33.4 Å². The Hall–Kier alpha value is -4.13. The topological polar surface area (TPSA) is 76.5 Å². The SMILES string of the molecule is COc1ccc(CNC(=O)C[C@H]2C(=O)N(Cc3ccccc3)[C@@H](C)c3nc4ccccc4n32)cc1. The number of hydrogen-bond acceptors (Lipinski definition) is 4. The van der Waals surface area contributed by atoms with Gasteiger partial charge in [-0.05, 0) is 42.3 Å². The molecule has 4 aromatic rings. The number of methoxy groups -OCH3 is 1. The molecule has 7 nitrogen and oxygen atoms in total. The lowest BCUT2D eigenvalue weighted by atomic mass is 10.0. The first kappa shape index (κ1) is 22.7. The fraction of sp³-hybridized carbons (Fsp3) is 0.250. The van der Waals surface area contributed by atoms with Gasteiger partial charge in [0.1, 0.15) is 17.6 Å². The Morgan fingerprint density at radius 3 is 2.43 bits per heavy atom. The van der Waals surface area contributed by atoms with Gasteiger partial charge in [-0.15, -0.1) is 0 Å². The van der Waals surface area contributed by atoms with Crippen molar-refractivity contribution >= 4 is 22.8 Å². The summed E-state index contributed by atoms with van der Waals surface area (Å²) >= 11 is 0. The molecule has 1 aliphatic heterocycles. The third-order valence-electron chi connectivity index (χ3n) is 6.57. The van der Waals surface area contributed by atoms with Gasteiger partial charge in [0, 0.05) is 13.1 Å². The number of rotatable bonds is 7. The van der Waals surface area contributed by atoms with E-state index in [-0.39, 0.29) is 24.3 Å². The molecule has 178 valence electrons. The average Bonchev–Trinajstić information content (AvgIpc) is 3.28. The van der Waals surface area contributed by atoms with Crippen molar-refractivity contribution in [3.05, 3.63) is 95.8 Å². The van der Waals surface area contributed by atoms with Gasteiger partial charge < -0.3 is 19.5 Å². The quantitative estimate of drug-likeness (QED) is 0.436. The minimum atomic E-state index is -0.659. The standard InChI is InChI=1S/C28H28N4O3/c1-19-27-30-23-10-6-7-11-24(23)32(27)25(28(34)31(19)18-21-8-4-3-5-9-21)16-26(33)29-17-20-12-14-22(35-2)15-13-20/h3-15,19,25H,16-18H2,1-2H3,(H,29,33)/t19-,25-/m0/s1. The van der Waals surface area contributed by atoms with Gasteiger partial charge in [-0.3, -0.25) is 9.59 Å². The minimum absolute atomic E-state index is 0.0420. The number of hydrogen-bond donors (Lipinski definition) is 1. The monoisotopic (exact) mass is 468 g/mol. The number of imidazole rings is 1. The second-order valence-electron chi connectivity index (χ2n) is 8.80. The van der Waals surface area contributed by atoms with Crippen LogP contribution in [0, 0.1) is 0 Å². The normalized spacial score (nSPS) is 17.3. The van der Waals surface area contributed by atoms with Crippen LogP contribution in [0.1, 0.15) is 42.4 Å². The number of nitrogens with one attached hydrogen (secondary N) is 1. The van der Waals surface area contributed by atoms with Crippen molar-refractivity contribution in [3.8, 4) is 5.75 Å². The Bertz CT molecular complexity index is 1350. The number of benzene rings is 3. The third kappa shape index (κ3) is 4.49. The van der Waals surface area contributed by atoms with Crippen molar-refractivity contribution in [3.63, 3.8) is 0 Å². The fourth-order valence-electron chi connectivity index (χ4n) is 4.68. The van der Waals surface area contributed by atoms with Crippen LogP contribution in [0.3, 0.4) is 0 Å². The van der Waals surface area contributed by atoms with Crippen molar-refractivity contribution in [2.45, 2.75) is 38.5 Å². The van der Waals surface area contributed by atoms with E-state index in [0.717, 1.165) is 33.7 Å². The molecule has 0 saturated carbocycles. The lowest BCUT2D eigenvalue weighted by Crippen LogP contribution is -2.46. The van der Waals surface area contributed by atoms with Crippen molar-refractivity contribution in [1.82, 2.24) is 19.8 Å². The van der Waals surface area contributed by atoms with E-state index in [2.05, 4.69) is 5.32 Å². The minimum Gasteiger partial charge on any atom is -0.497 e. The number of para-hydroxylation sites is 2. The maximum Gasteiger partial charge on any atom is 0.247 e. The largest absolute Gasteiger partial charge is 0.497 e. The Balaban J connectivity index is 1.42. The van der Waals surface area contributed by atoms with Crippen molar-refractivity contribution < 1.29 is 14.3 Å². The number of fused-ring (bicyclic) bond motifs is 3. The molecule has 0 aliphatic carbocycles. The summed E-state index contributed by atoms with van der Waals surface area (Å²) in [5, 5.41) is 2.97. The zero-order valence-electron chi connectivity index (χ0n) is 19.8. The lowest BCUT2D eigenvalue weighted by molar-refractivity contribution is -0.142. The molecule has 1 N–H and O–H groups in total. The second-order valence-corrected chi connectivity index (χ2v) is 8.80. The molecule has 1 aromatic heterocycles. The maximum atomic E-state index is 13.8. The Morgan fingerprint density at radius 1 is 0.971 bits per heavy atom. The van der Waals surface area contributed by atoms with E-state index in [1.54, 1.807) is 7.11 Å². The summed E-state index contributed by atoms with van der Waals surface area (Å²) in [5.74, 6) is 1.31. The molecule has 0 spiro atoms. The third-order valence-corrected chi connectivity index (χ3v) is 6.57. The highest BCUT2D eigenvalue weighted by molar-refractivity contribution is 5.90. The summed E-state index contributed by atoms with van der Waals surface area (Å²) in [5.41, 5.74) is 3.70. The van der Waals surface area contributed by atoms with Crippen LogP contribution in [0.4, 0.5) is 0 Å². The first-order chi connectivity index (χ1) is 17.0. The van der Waals surface area contributed by atoms with Gasteiger partial charge in [0.15, 0.2) is 0 Å². The van der Waals surface area contributed by atoms with Gasteiger partial charge in [0.25, 0.3) is 0 Å². The Kier molecular flexibility index (Phi) is 6.23. The highest BCUT2D eigenvalue weighted by Gasteiger charge is 2.40. The van der Waals surface area contributed by atoms with Gasteiger partial charge in [-0.25, -0.2) is 4.98 Å². The number of amides is 2. The summed E-state index contributed by atoms with van der Waals surface area (Å²) in [6.07, 6.45) is 0.0420. The molecule has 0 saturated heterocycles. The van der Waals surface area contributed by atoms with Gasteiger partial charge >= 0.3 is 0 Å². The maximum absolute atomic E-state index is 13.8. The van der Waals surface area contributed by atoms with E-state index in [0.29, 0.717) is 13.1 Å². The molecule has 0 fully saturated rings. The number of ether oxygens (including phenoxy) is 1. The van der Waals surface area contributed by atoms with Crippen LogP contribution in [0.25, 0.3) is 11.0 Å². The van der Waals surface area contributed by atoms with E-state index in [1.807, 2.05) is 95.3 Å². The van der Waals surface area contributed by atoms with Gasteiger partial charge in [-0.2, -0.15) is 0 Å². The van der Waals surface area contributed by atoms with Gasteiger partial charge in [0.05, 0.1) is 30.6 Å². The van der Waals surface area contributed by atoms with Crippen molar-refractivity contribution in [1.29, 1.82) is 0 Å². The highest BCUT2D eigenvalue weighted by atomic mass is 16.5. The highest BCUT2D eigenvalue weighted by Crippen LogP contribution is 2.37. The number of aromatic nitrogens is 2. The zero-order valence-corrected chi connectivity index (χ0v) is 19.8. The molecular weight excluding hydrogens is 440 g/mol. The van der Waals surface area contributed by atoms with Crippen molar-refractivity contribution in [2.75, 3.05) is 7.11 Å². The molecular formula is C28H28N4O3. The number of nitrogens with zero attached hydrogens (tertiary/aromatic N) is 3. The fourth-order valence-corrected chi connectivity index (χ4v) is 4.68. The molecule has 0 radical (unpaired) electrons. The molecule has 2 heterocycles. The summed E-state index contributed by atoms with van der Waals surface area (Å²) in [6.45, 7) is 2.85. The van der Waals surface area contributed by atoms with Crippen LogP contribution < -0.4 is 10.1 Å². The van der Waals surface area contributed by atoms with E-state index in [9.17, 15) is 9.59 Å². The van der Waals surface area contributed by atoms with Crippen LogP contribution in [0.5, 0.6) is 5.75 Å². The number of carbonyl (C=O) groups excluding carboxylic acids is 2. The van der Waals surface area contributed by atoms with Crippen LogP contribution in [-0.2, 0) is 22.7 Å². The van der Waals surface area contributed by atoms with Crippen LogP contribution in [0.2, 0.25) is 0 Å². The predicted molar refractivity (Wildman–Crippen MR) is 134 cm³/mol. The molecule has 2 atom stereocenters. The molecule has 0 unspecified atom stereocenters. The van der Waals surface area contributed by atoms with Crippen molar-refractivity contribution in [2.24, 2.45) is 0 Å². The molecule has 5 rings (SSSR count). The predicted octanol–water partition coefficient (Wildman–Crippen LogP) is 4.40.